The largest absolute Gasteiger partial charge is 0.395 e. The maximum atomic E-state index is 13.4. The smallest absolute Gasteiger partial charge is 0.350 e. The maximum Gasteiger partial charge on any atom is 0.350 e. The van der Waals surface area contributed by atoms with Gasteiger partial charge in [-0.1, -0.05) is 0 Å². The Labute approximate surface area is 93.3 Å². The number of anilines is 1. The third-order valence-corrected chi connectivity index (χ3v) is 3.85. The van der Waals surface area contributed by atoms with E-state index in [1.807, 2.05) is 0 Å². The van der Waals surface area contributed by atoms with Crippen LogP contribution in [0.5, 0.6) is 0 Å². The molecule has 0 unspecified atom stereocenters. The molecule has 0 radical (unpaired) electrons. The van der Waals surface area contributed by atoms with Gasteiger partial charge in [0.05, 0.1) is 11.9 Å². The van der Waals surface area contributed by atoms with Crippen LogP contribution in [0.15, 0.2) is 11.0 Å². The number of aromatic nitrogens is 2. The molecule has 2 heterocycles. The second-order valence-electron chi connectivity index (χ2n) is 3.36. The fraction of sp³-hybridized carbons (Fsp3) is 0.500. The van der Waals surface area contributed by atoms with E-state index in [1.54, 1.807) is 0 Å². The lowest BCUT2D eigenvalue weighted by Gasteiger charge is -2.38. The lowest BCUT2D eigenvalue weighted by Crippen LogP contribution is -2.45. The number of thioether (sulfide) groups is 1. The number of aliphatic hydroxyl groups is 1. The zero-order chi connectivity index (χ0) is 11.9. The summed E-state index contributed by atoms with van der Waals surface area (Å²) in [5.41, 5.74) is 4.30. The standard InChI is InChI=1S/C8H9F2N3O2S/c9-3-1-13(8(15)12-6(3)11)7-5(10)4(2-14)16-7/h1,4-5,7,14H,2H2,(H2,11,12,15)/t4-,5+,7-/m1/s1. The highest BCUT2D eigenvalue weighted by molar-refractivity contribution is 8.01. The Kier molecular flexibility index (Phi) is 2.85. The molecule has 1 aliphatic rings. The van der Waals surface area contributed by atoms with Crippen LogP contribution < -0.4 is 11.4 Å². The van der Waals surface area contributed by atoms with Gasteiger partial charge in [0.25, 0.3) is 0 Å². The molecule has 1 saturated heterocycles. The topological polar surface area (TPSA) is 81.1 Å². The van der Waals surface area contributed by atoms with Gasteiger partial charge in [-0.25, -0.2) is 13.6 Å². The predicted molar refractivity (Wildman–Crippen MR) is 55.3 cm³/mol. The molecule has 1 aromatic heterocycles. The first-order chi connectivity index (χ1) is 7.54. The van der Waals surface area contributed by atoms with E-state index >= 15 is 0 Å². The molecule has 5 nitrogen and oxygen atoms in total. The van der Waals surface area contributed by atoms with Crippen LogP contribution in [-0.4, -0.2) is 32.7 Å². The van der Waals surface area contributed by atoms with Crippen molar-refractivity contribution in [1.82, 2.24) is 9.55 Å². The Hall–Kier alpha value is -1.15. The predicted octanol–water partition coefficient (Wildman–Crippen LogP) is -0.0910. The summed E-state index contributed by atoms with van der Waals surface area (Å²) in [6.45, 7) is -0.317. The number of nitrogen functional groups attached to an aromatic ring is 1. The van der Waals surface area contributed by atoms with Gasteiger partial charge in [-0.15, -0.1) is 11.8 Å². The first kappa shape index (κ1) is 11.3. The van der Waals surface area contributed by atoms with Crippen LogP contribution in [0.1, 0.15) is 5.37 Å². The van der Waals surface area contributed by atoms with Gasteiger partial charge in [0, 0.05) is 6.20 Å². The van der Waals surface area contributed by atoms with Crippen LogP contribution in [-0.2, 0) is 0 Å². The number of rotatable bonds is 2. The van der Waals surface area contributed by atoms with Gasteiger partial charge < -0.3 is 10.8 Å². The fourth-order valence-electron chi connectivity index (χ4n) is 1.43. The highest BCUT2D eigenvalue weighted by atomic mass is 32.2. The van der Waals surface area contributed by atoms with Crippen molar-refractivity contribution in [1.29, 1.82) is 0 Å². The monoisotopic (exact) mass is 249 g/mol. The molecule has 0 saturated carbocycles. The number of halogens is 2. The van der Waals surface area contributed by atoms with Crippen LogP contribution in [0.2, 0.25) is 0 Å². The van der Waals surface area contributed by atoms with Crippen LogP contribution in [0, 0.1) is 5.82 Å². The molecule has 0 amide bonds. The minimum atomic E-state index is -1.39. The van der Waals surface area contributed by atoms with Gasteiger partial charge in [0.1, 0.15) is 11.5 Å². The molecule has 3 atom stereocenters. The molecule has 0 spiro atoms. The summed E-state index contributed by atoms with van der Waals surface area (Å²) in [6, 6.07) is 0. The van der Waals surface area contributed by atoms with Gasteiger partial charge in [-0.3, -0.25) is 4.57 Å². The number of alkyl halides is 1. The van der Waals surface area contributed by atoms with Crippen LogP contribution in [0.25, 0.3) is 0 Å². The molecule has 1 aliphatic heterocycles. The molecule has 0 aliphatic carbocycles. The van der Waals surface area contributed by atoms with E-state index < -0.39 is 34.1 Å². The normalized spacial score (nSPS) is 28.8. The first-order valence-corrected chi connectivity index (χ1v) is 5.43. The number of aliphatic hydroxyl groups excluding tert-OH is 1. The molecule has 88 valence electrons. The van der Waals surface area contributed by atoms with Gasteiger partial charge in [-0.05, 0) is 0 Å². The van der Waals surface area contributed by atoms with Gasteiger partial charge in [-0.2, -0.15) is 4.98 Å². The molecule has 2 rings (SSSR count). The van der Waals surface area contributed by atoms with E-state index in [9.17, 15) is 13.6 Å². The molecule has 1 aromatic rings. The number of nitrogens with two attached hydrogens (primary N) is 1. The van der Waals surface area contributed by atoms with E-state index in [0.717, 1.165) is 22.5 Å². The van der Waals surface area contributed by atoms with Crippen molar-refractivity contribution in [3.05, 3.63) is 22.5 Å². The van der Waals surface area contributed by atoms with Crippen LogP contribution in [0.3, 0.4) is 0 Å². The Bertz CT molecular complexity index is 467. The lowest BCUT2D eigenvalue weighted by atomic mass is 10.2. The summed E-state index contributed by atoms with van der Waals surface area (Å²) in [5, 5.41) is 7.32. The quantitative estimate of drug-likeness (QED) is 0.765. The van der Waals surface area contributed by atoms with E-state index in [4.69, 9.17) is 10.8 Å². The average Bonchev–Trinajstić information content (AvgIpc) is 2.24. The molecule has 1 fully saturated rings. The van der Waals surface area contributed by atoms with Crippen molar-refractivity contribution in [3.63, 3.8) is 0 Å². The zero-order valence-electron chi connectivity index (χ0n) is 8.01. The Balaban J connectivity index is 2.30. The van der Waals surface area contributed by atoms with Crippen LogP contribution >= 0.6 is 11.8 Å². The van der Waals surface area contributed by atoms with Gasteiger partial charge in [0.2, 0.25) is 0 Å². The number of hydrogen-bond acceptors (Lipinski definition) is 5. The first-order valence-electron chi connectivity index (χ1n) is 4.49. The van der Waals surface area contributed by atoms with Crippen LogP contribution in [0.4, 0.5) is 14.6 Å². The van der Waals surface area contributed by atoms with Gasteiger partial charge >= 0.3 is 5.69 Å². The zero-order valence-corrected chi connectivity index (χ0v) is 8.82. The Morgan fingerprint density at radius 3 is 2.94 bits per heavy atom. The Morgan fingerprint density at radius 1 is 1.69 bits per heavy atom. The summed E-state index contributed by atoms with van der Waals surface area (Å²) >= 11 is 1.05. The second-order valence-corrected chi connectivity index (χ2v) is 4.72. The maximum absolute atomic E-state index is 13.4. The lowest BCUT2D eigenvalue weighted by molar-refractivity contribution is 0.185. The molecule has 8 heteroatoms. The molecular formula is C8H9F2N3O2S. The van der Waals surface area contributed by atoms with E-state index in [0.29, 0.717) is 0 Å². The third kappa shape index (κ3) is 1.67. The van der Waals surface area contributed by atoms with Gasteiger partial charge in [0.15, 0.2) is 11.6 Å². The SMILES string of the molecule is Nc1nc(=O)n([C@@H]2S[C@H](CO)[C@@H]2F)cc1F. The van der Waals surface area contributed by atoms with Crippen molar-refractivity contribution < 1.29 is 13.9 Å². The van der Waals surface area contributed by atoms with E-state index in [1.165, 1.54) is 0 Å². The third-order valence-electron chi connectivity index (χ3n) is 2.33. The summed E-state index contributed by atoms with van der Waals surface area (Å²) < 4.78 is 27.3. The molecular weight excluding hydrogens is 240 g/mol. The summed E-state index contributed by atoms with van der Waals surface area (Å²) in [7, 11) is 0. The molecule has 3 N–H and O–H groups in total. The summed E-state index contributed by atoms with van der Waals surface area (Å²) in [4.78, 5) is 14.6. The summed E-state index contributed by atoms with van der Waals surface area (Å²) in [5.74, 6) is -1.36. The average molecular weight is 249 g/mol. The van der Waals surface area contributed by atoms with Crippen molar-refractivity contribution in [2.24, 2.45) is 0 Å². The van der Waals surface area contributed by atoms with Crippen molar-refractivity contribution in [2.45, 2.75) is 16.8 Å². The number of nitrogens with zero attached hydrogens (tertiary/aromatic N) is 2. The summed E-state index contributed by atoms with van der Waals surface area (Å²) in [6.07, 6.45) is -0.555. The van der Waals surface area contributed by atoms with E-state index in [2.05, 4.69) is 4.98 Å². The van der Waals surface area contributed by atoms with Crippen molar-refractivity contribution in [2.75, 3.05) is 12.3 Å². The fourth-order valence-corrected chi connectivity index (χ4v) is 2.52. The van der Waals surface area contributed by atoms with Crippen molar-refractivity contribution in [3.8, 4) is 0 Å². The molecule has 0 bridgehead atoms. The Morgan fingerprint density at radius 2 is 2.38 bits per heavy atom. The van der Waals surface area contributed by atoms with E-state index in [-0.39, 0.29) is 6.61 Å². The minimum absolute atomic E-state index is 0.317. The molecule has 16 heavy (non-hydrogen) atoms. The highest BCUT2D eigenvalue weighted by Gasteiger charge is 2.44. The molecule has 0 aromatic carbocycles. The van der Waals surface area contributed by atoms with Crippen molar-refractivity contribution >= 4 is 17.6 Å². The minimum Gasteiger partial charge on any atom is -0.395 e. The second kappa shape index (κ2) is 4.02. The highest BCUT2D eigenvalue weighted by Crippen LogP contribution is 2.46. The number of hydrogen-bond donors (Lipinski definition) is 2.